The van der Waals surface area contributed by atoms with Crippen LogP contribution in [-0.2, 0) is 4.74 Å². The molecule has 0 saturated carbocycles. The van der Waals surface area contributed by atoms with Crippen LogP contribution in [0.4, 0.5) is 5.69 Å². The highest BCUT2D eigenvalue weighted by molar-refractivity contribution is 5.79. The highest BCUT2D eigenvalue weighted by Crippen LogP contribution is 2.19. The van der Waals surface area contributed by atoms with Crippen molar-refractivity contribution < 1.29 is 4.74 Å². The first-order chi connectivity index (χ1) is 7.43. The molecule has 0 unspecified atom stereocenters. The largest absolute Gasteiger partial charge is 0.378 e. The molecule has 4 heteroatoms. The average molecular weight is 203 g/mol. The van der Waals surface area contributed by atoms with E-state index in [1.54, 1.807) is 0 Å². The summed E-state index contributed by atoms with van der Waals surface area (Å²) in [7, 11) is 0. The van der Waals surface area contributed by atoms with E-state index in [2.05, 4.69) is 20.9 Å². The van der Waals surface area contributed by atoms with Crippen LogP contribution >= 0.6 is 0 Å². The van der Waals surface area contributed by atoms with Crippen molar-refractivity contribution in [1.29, 1.82) is 0 Å². The molecular formula is C11H13N3O. The average Bonchev–Trinajstić information content (AvgIpc) is 2.77. The molecule has 2 aromatic rings. The highest BCUT2D eigenvalue weighted by Gasteiger charge is 2.11. The molecular weight excluding hydrogens is 190 g/mol. The standard InChI is InChI=1S/C11H13N3O/c1-2-12-11-9(1)7-10(8-13-11)14-3-5-15-6-4-14/h1-2,7-8H,3-6H2,(H,12,13). The molecule has 1 N–H and O–H groups in total. The van der Waals surface area contributed by atoms with Crippen LogP contribution in [0.25, 0.3) is 11.0 Å². The summed E-state index contributed by atoms with van der Waals surface area (Å²) >= 11 is 0. The number of ether oxygens (including phenoxy) is 1. The zero-order valence-electron chi connectivity index (χ0n) is 8.44. The van der Waals surface area contributed by atoms with Crippen molar-refractivity contribution in [2.24, 2.45) is 0 Å². The normalized spacial score (nSPS) is 17.2. The van der Waals surface area contributed by atoms with Crippen LogP contribution in [0, 0.1) is 0 Å². The number of anilines is 1. The SMILES string of the molecule is c1cc2cc(N3CCOCC3)cnc2[nH]1. The Morgan fingerprint density at radius 2 is 2.20 bits per heavy atom. The quantitative estimate of drug-likeness (QED) is 0.761. The summed E-state index contributed by atoms with van der Waals surface area (Å²) in [5, 5.41) is 1.17. The van der Waals surface area contributed by atoms with E-state index in [0.717, 1.165) is 32.0 Å². The van der Waals surface area contributed by atoms with E-state index < -0.39 is 0 Å². The Morgan fingerprint density at radius 3 is 3.07 bits per heavy atom. The van der Waals surface area contributed by atoms with Crippen LogP contribution in [0.5, 0.6) is 0 Å². The fourth-order valence-electron chi connectivity index (χ4n) is 1.92. The summed E-state index contributed by atoms with van der Waals surface area (Å²) in [4.78, 5) is 9.78. The Kier molecular flexibility index (Phi) is 2.07. The van der Waals surface area contributed by atoms with Gasteiger partial charge < -0.3 is 14.6 Å². The van der Waals surface area contributed by atoms with Crippen LogP contribution in [0.15, 0.2) is 24.5 Å². The summed E-state index contributed by atoms with van der Waals surface area (Å²) in [6.07, 6.45) is 3.84. The number of pyridine rings is 1. The molecule has 0 atom stereocenters. The first kappa shape index (κ1) is 8.73. The van der Waals surface area contributed by atoms with Gasteiger partial charge in [0.1, 0.15) is 5.65 Å². The van der Waals surface area contributed by atoms with Gasteiger partial charge in [0.05, 0.1) is 25.1 Å². The van der Waals surface area contributed by atoms with E-state index in [1.165, 1.54) is 11.1 Å². The molecule has 0 amide bonds. The van der Waals surface area contributed by atoms with E-state index in [-0.39, 0.29) is 0 Å². The molecule has 0 aromatic carbocycles. The maximum atomic E-state index is 5.33. The number of fused-ring (bicyclic) bond motifs is 1. The molecule has 3 rings (SSSR count). The lowest BCUT2D eigenvalue weighted by Gasteiger charge is -2.28. The fraction of sp³-hybridized carbons (Fsp3) is 0.364. The smallest absolute Gasteiger partial charge is 0.137 e. The van der Waals surface area contributed by atoms with E-state index >= 15 is 0 Å². The number of rotatable bonds is 1. The van der Waals surface area contributed by atoms with E-state index in [9.17, 15) is 0 Å². The Bertz CT molecular complexity index is 460. The van der Waals surface area contributed by atoms with Crippen molar-refractivity contribution >= 4 is 16.7 Å². The fourth-order valence-corrected chi connectivity index (χ4v) is 1.92. The van der Waals surface area contributed by atoms with Gasteiger partial charge in [-0.3, -0.25) is 0 Å². The maximum Gasteiger partial charge on any atom is 0.137 e. The Labute approximate surface area is 87.9 Å². The molecule has 2 aromatic heterocycles. The number of hydrogen-bond acceptors (Lipinski definition) is 3. The minimum atomic E-state index is 0.811. The molecule has 1 aliphatic rings. The van der Waals surface area contributed by atoms with Crippen LogP contribution in [0.1, 0.15) is 0 Å². The molecule has 4 nitrogen and oxygen atoms in total. The van der Waals surface area contributed by atoms with E-state index in [4.69, 9.17) is 4.74 Å². The topological polar surface area (TPSA) is 41.1 Å². The zero-order chi connectivity index (χ0) is 10.1. The Morgan fingerprint density at radius 1 is 1.33 bits per heavy atom. The number of morpholine rings is 1. The number of aromatic amines is 1. The van der Waals surface area contributed by atoms with Crippen LogP contribution in [0.3, 0.4) is 0 Å². The van der Waals surface area contributed by atoms with Gasteiger partial charge in [0.2, 0.25) is 0 Å². The lowest BCUT2D eigenvalue weighted by molar-refractivity contribution is 0.122. The number of nitrogens with zero attached hydrogens (tertiary/aromatic N) is 2. The van der Waals surface area contributed by atoms with Crippen molar-refractivity contribution in [1.82, 2.24) is 9.97 Å². The first-order valence-corrected chi connectivity index (χ1v) is 5.19. The number of aromatic nitrogens is 2. The van der Waals surface area contributed by atoms with Crippen molar-refractivity contribution in [2.45, 2.75) is 0 Å². The summed E-state index contributed by atoms with van der Waals surface area (Å²) in [5.41, 5.74) is 2.14. The molecule has 0 bridgehead atoms. The lowest BCUT2D eigenvalue weighted by Crippen LogP contribution is -2.36. The summed E-state index contributed by atoms with van der Waals surface area (Å²) < 4.78 is 5.33. The van der Waals surface area contributed by atoms with Gasteiger partial charge in [-0.05, 0) is 12.1 Å². The number of hydrogen-bond donors (Lipinski definition) is 1. The summed E-state index contributed by atoms with van der Waals surface area (Å²) in [6.45, 7) is 3.53. The van der Waals surface area contributed by atoms with Gasteiger partial charge in [0.15, 0.2) is 0 Å². The van der Waals surface area contributed by atoms with Crippen molar-refractivity contribution in [3.05, 3.63) is 24.5 Å². The van der Waals surface area contributed by atoms with Gasteiger partial charge in [0.25, 0.3) is 0 Å². The molecule has 0 aliphatic carbocycles. The summed E-state index contributed by atoms with van der Waals surface area (Å²) in [6, 6.07) is 4.22. The second kappa shape index (κ2) is 3.55. The zero-order valence-corrected chi connectivity index (χ0v) is 8.44. The van der Waals surface area contributed by atoms with Gasteiger partial charge in [-0.25, -0.2) is 4.98 Å². The molecule has 3 heterocycles. The second-order valence-electron chi connectivity index (χ2n) is 3.71. The van der Waals surface area contributed by atoms with Crippen LogP contribution in [0.2, 0.25) is 0 Å². The maximum absolute atomic E-state index is 5.33. The predicted octanol–water partition coefficient (Wildman–Crippen LogP) is 1.40. The van der Waals surface area contributed by atoms with Crippen molar-refractivity contribution in [3.63, 3.8) is 0 Å². The molecule has 15 heavy (non-hydrogen) atoms. The van der Waals surface area contributed by atoms with E-state index in [0.29, 0.717) is 0 Å². The van der Waals surface area contributed by atoms with Gasteiger partial charge in [0, 0.05) is 24.7 Å². The third kappa shape index (κ3) is 1.57. The second-order valence-corrected chi connectivity index (χ2v) is 3.71. The Balaban J connectivity index is 1.95. The van der Waals surface area contributed by atoms with Gasteiger partial charge in [-0.15, -0.1) is 0 Å². The third-order valence-electron chi connectivity index (χ3n) is 2.76. The molecule has 1 saturated heterocycles. The monoisotopic (exact) mass is 203 g/mol. The molecule has 0 radical (unpaired) electrons. The van der Waals surface area contributed by atoms with Gasteiger partial charge >= 0.3 is 0 Å². The van der Waals surface area contributed by atoms with Crippen molar-refractivity contribution in [3.8, 4) is 0 Å². The molecule has 0 spiro atoms. The lowest BCUT2D eigenvalue weighted by atomic mass is 10.3. The molecule has 1 fully saturated rings. The highest BCUT2D eigenvalue weighted by atomic mass is 16.5. The molecule has 1 aliphatic heterocycles. The minimum Gasteiger partial charge on any atom is -0.378 e. The Hall–Kier alpha value is -1.55. The van der Waals surface area contributed by atoms with Crippen molar-refractivity contribution in [2.75, 3.05) is 31.2 Å². The molecule has 78 valence electrons. The van der Waals surface area contributed by atoms with Crippen LogP contribution in [-0.4, -0.2) is 36.3 Å². The third-order valence-corrected chi connectivity index (χ3v) is 2.76. The van der Waals surface area contributed by atoms with Gasteiger partial charge in [-0.2, -0.15) is 0 Å². The first-order valence-electron chi connectivity index (χ1n) is 5.19. The predicted molar refractivity (Wildman–Crippen MR) is 59.1 cm³/mol. The number of H-pyrrole nitrogens is 1. The van der Waals surface area contributed by atoms with E-state index in [1.807, 2.05) is 18.5 Å². The van der Waals surface area contributed by atoms with Gasteiger partial charge in [-0.1, -0.05) is 0 Å². The number of nitrogens with one attached hydrogen (secondary N) is 1. The minimum absolute atomic E-state index is 0.811. The summed E-state index contributed by atoms with van der Waals surface area (Å²) in [5.74, 6) is 0. The van der Waals surface area contributed by atoms with Crippen LogP contribution < -0.4 is 4.90 Å².